The van der Waals surface area contributed by atoms with Crippen LogP contribution >= 0.6 is 0 Å². The predicted octanol–water partition coefficient (Wildman–Crippen LogP) is 3.94. The van der Waals surface area contributed by atoms with Gasteiger partial charge in [-0.1, -0.05) is 23.8 Å². The molecule has 1 heterocycles. The lowest BCUT2D eigenvalue weighted by molar-refractivity contribution is -0.137. The molecule has 2 N–H and O–H groups in total. The molecule has 1 aliphatic heterocycles. The Balaban J connectivity index is 1.60. The highest BCUT2D eigenvalue weighted by Crippen LogP contribution is 2.30. The molecule has 0 bridgehead atoms. The van der Waals surface area contributed by atoms with Gasteiger partial charge in [-0.3, -0.25) is 4.79 Å². The summed E-state index contributed by atoms with van der Waals surface area (Å²) in [5, 5.41) is 5.01. The second-order valence-electron chi connectivity index (χ2n) is 6.42. The molecule has 2 aromatic rings. The number of rotatable bonds is 3. The second kappa shape index (κ2) is 7.30. The van der Waals surface area contributed by atoms with Crippen LogP contribution in [0.1, 0.15) is 17.5 Å². The normalized spacial score (nSPS) is 17.1. The van der Waals surface area contributed by atoms with E-state index in [1.807, 2.05) is 31.2 Å². The van der Waals surface area contributed by atoms with Gasteiger partial charge in [-0.2, -0.15) is 13.2 Å². The largest absolute Gasteiger partial charge is 0.416 e. The summed E-state index contributed by atoms with van der Waals surface area (Å²) in [4.78, 5) is 25.9. The molecular weight excluding hydrogens is 359 g/mol. The van der Waals surface area contributed by atoms with Crippen molar-refractivity contribution in [2.75, 3.05) is 16.8 Å². The second-order valence-corrected chi connectivity index (χ2v) is 6.42. The van der Waals surface area contributed by atoms with E-state index in [0.29, 0.717) is 6.54 Å². The summed E-state index contributed by atoms with van der Waals surface area (Å²) in [6, 6.07) is 10.7. The first-order valence-corrected chi connectivity index (χ1v) is 8.34. The third-order valence-electron chi connectivity index (χ3n) is 4.25. The van der Waals surface area contributed by atoms with E-state index < -0.39 is 23.8 Å². The minimum absolute atomic E-state index is 0.0297. The third kappa shape index (κ3) is 4.58. The van der Waals surface area contributed by atoms with E-state index in [4.69, 9.17) is 0 Å². The lowest BCUT2D eigenvalue weighted by atomic mass is 10.2. The molecule has 0 unspecified atom stereocenters. The smallest absolute Gasteiger partial charge is 0.333 e. The van der Waals surface area contributed by atoms with Crippen LogP contribution in [0.2, 0.25) is 0 Å². The molecule has 0 spiro atoms. The van der Waals surface area contributed by atoms with Crippen molar-refractivity contribution in [1.29, 1.82) is 0 Å². The van der Waals surface area contributed by atoms with Gasteiger partial charge in [0.05, 0.1) is 11.6 Å². The third-order valence-corrected chi connectivity index (χ3v) is 4.25. The molecule has 0 radical (unpaired) electrons. The van der Waals surface area contributed by atoms with Crippen molar-refractivity contribution in [3.05, 3.63) is 59.7 Å². The van der Waals surface area contributed by atoms with Crippen molar-refractivity contribution >= 4 is 23.3 Å². The van der Waals surface area contributed by atoms with Gasteiger partial charge in [0, 0.05) is 24.3 Å². The molecule has 0 aromatic heterocycles. The highest BCUT2D eigenvalue weighted by molar-refractivity contribution is 5.97. The van der Waals surface area contributed by atoms with E-state index in [2.05, 4.69) is 10.6 Å². The number of carbonyl (C=O) groups is 2. The van der Waals surface area contributed by atoms with Crippen molar-refractivity contribution in [2.24, 2.45) is 0 Å². The van der Waals surface area contributed by atoms with Crippen molar-refractivity contribution < 1.29 is 22.8 Å². The highest BCUT2D eigenvalue weighted by atomic mass is 19.4. The molecule has 8 heteroatoms. The monoisotopic (exact) mass is 377 g/mol. The van der Waals surface area contributed by atoms with E-state index >= 15 is 0 Å². The maximum Gasteiger partial charge on any atom is 0.416 e. The van der Waals surface area contributed by atoms with E-state index in [0.717, 1.165) is 23.4 Å². The van der Waals surface area contributed by atoms with Crippen LogP contribution in [0.25, 0.3) is 0 Å². The standard InChI is InChI=1S/C19H18F3N3O2/c1-12-5-7-16(8-6-12)25-11-15(10-17(25)26)24-18(27)23-14-4-2-3-13(9-14)19(20,21)22/h2-9,15H,10-11H2,1H3,(H2,23,24,27)/t15-/m1/s1. The molecule has 0 saturated carbocycles. The summed E-state index contributed by atoms with van der Waals surface area (Å²) in [7, 11) is 0. The fraction of sp³-hybridized carbons (Fsp3) is 0.263. The van der Waals surface area contributed by atoms with Gasteiger partial charge in [0.2, 0.25) is 5.91 Å². The number of hydrogen-bond donors (Lipinski definition) is 2. The maximum absolute atomic E-state index is 12.7. The summed E-state index contributed by atoms with van der Waals surface area (Å²) in [6.07, 6.45) is -4.36. The summed E-state index contributed by atoms with van der Waals surface area (Å²) < 4.78 is 38.2. The van der Waals surface area contributed by atoms with Crippen molar-refractivity contribution in [2.45, 2.75) is 25.6 Å². The Morgan fingerprint density at radius 2 is 1.85 bits per heavy atom. The minimum atomic E-state index is -4.49. The number of aryl methyl sites for hydroxylation is 1. The quantitative estimate of drug-likeness (QED) is 0.851. The minimum Gasteiger partial charge on any atom is -0.333 e. The molecule has 5 nitrogen and oxygen atoms in total. The average Bonchev–Trinajstić information content (AvgIpc) is 2.95. The summed E-state index contributed by atoms with van der Waals surface area (Å²) in [5.74, 6) is -0.122. The number of anilines is 2. The molecule has 27 heavy (non-hydrogen) atoms. The number of amides is 3. The molecule has 1 atom stereocenters. The van der Waals surface area contributed by atoms with Gasteiger partial charge in [-0.05, 0) is 37.3 Å². The number of carbonyl (C=O) groups excluding carboxylic acids is 2. The van der Waals surface area contributed by atoms with Gasteiger partial charge < -0.3 is 15.5 Å². The van der Waals surface area contributed by atoms with Crippen molar-refractivity contribution in [1.82, 2.24) is 5.32 Å². The zero-order chi connectivity index (χ0) is 19.6. The first kappa shape index (κ1) is 18.8. The van der Waals surface area contributed by atoms with Crippen molar-refractivity contribution in [3.63, 3.8) is 0 Å². The lowest BCUT2D eigenvalue weighted by Gasteiger charge is -2.18. The van der Waals surface area contributed by atoms with E-state index in [-0.39, 0.29) is 18.0 Å². The Hall–Kier alpha value is -3.03. The van der Waals surface area contributed by atoms with Gasteiger partial charge in [-0.25, -0.2) is 4.79 Å². The topological polar surface area (TPSA) is 61.4 Å². The summed E-state index contributed by atoms with van der Waals surface area (Å²) in [6.45, 7) is 2.25. The Bertz CT molecular complexity index is 850. The number of hydrogen-bond acceptors (Lipinski definition) is 2. The Labute approximate surface area is 154 Å². The van der Waals surface area contributed by atoms with E-state index in [1.54, 1.807) is 4.90 Å². The summed E-state index contributed by atoms with van der Waals surface area (Å²) in [5.41, 5.74) is 0.998. The van der Waals surface area contributed by atoms with Crippen LogP contribution < -0.4 is 15.5 Å². The molecule has 1 aliphatic rings. The molecular formula is C19H18F3N3O2. The molecule has 2 aromatic carbocycles. The van der Waals surface area contributed by atoms with Crippen LogP contribution in [0.3, 0.4) is 0 Å². The Morgan fingerprint density at radius 1 is 1.15 bits per heavy atom. The van der Waals surface area contributed by atoms with Crippen LogP contribution in [-0.2, 0) is 11.0 Å². The van der Waals surface area contributed by atoms with Gasteiger partial charge in [-0.15, -0.1) is 0 Å². The molecule has 142 valence electrons. The zero-order valence-corrected chi connectivity index (χ0v) is 14.5. The SMILES string of the molecule is Cc1ccc(N2C[C@H](NC(=O)Nc3cccc(C(F)(F)F)c3)CC2=O)cc1. The first-order valence-electron chi connectivity index (χ1n) is 8.34. The van der Waals surface area contributed by atoms with Gasteiger partial charge in [0.25, 0.3) is 0 Å². The van der Waals surface area contributed by atoms with Crippen LogP contribution in [0, 0.1) is 6.92 Å². The number of benzene rings is 2. The van der Waals surface area contributed by atoms with Crippen LogP contribution in [-0.4, -0.2) is 24.5 Å². The van der Waals surface area contributed by atoms with Crippen LogP contribution in [0.5, 0.6) is 0 Å². The van der Waals surface area contributed by atoms with Gasteiger partial charge in [0.15, 0.2) is 0 Å². The van der Waals surface area contributed by atoms with Crippen LogP contribution in [0.15, 0.2) is 48.5 Å². The maximum atomic E-state index is 12.7. The van der Waals surface area contributed by atoms with Crippen molar-refractivity contribution in [3.8, 4) is 0 Å². The summed E-state index contributed by atoms with van der Waals surface area (Å²) >= 11 is 0. The molecule has 0 aliphatic carbocycles. The van der Waals surface area contributed by atoms with Gasteiger partial charge in [0.1, 0.15) is 0 Å². The fourth-order valence-corrected chi connectivity index (χ4v) is 2.90. The molecule has 3 amide bonds. The average molecular weight is 377 g/mol. The Kier molecular flexibility index (Phi) is 5.07. The number of halogens is 3. The molecule has 1 saturated heterocycles. The number of nitrogens with zero attached hydrogens (tertiary/aromatic N) is 1. The first-order chi connectivity index (χ1) is 12.7. The number of alkyl halides is 3. The number of urea groups is 1. The number of nitrogens with one attached hydrogen (secondary N) is 2. The zero-order valence-electron chi connectivity index (χ0n) is 14.5. The molecule has 1 fully saturated rings. The van der Waals surface area contributed by atoms with E-state index in [1.165, 1.54) is 12.1 Å². The Morgan fingerprint density at radius 3 is 2.52 bits per heavy atom. The van der Waals surface area contributed by atoms with Crippen LogP contribution in [0.4, 0.5) is 29.3 Å². The predicted molar refractivity (Wildman–Crippen MR) is 95.5 cm³/mol. The lowest BCUT2D eigenvalue weighted by Crippen LogP contribution is -2.39. The fourth-order valence-electron chi connectivity index (χ4n) is 2.90. The van der Waals surface area contributed by atoms with Gasteiger partial charge >= 0.3 is 12.2 Å². The van der Waals surface area contributed by atoms with E-state index in [9.17, 15) is 22.8 Å². The molecule has 3 rings (SSSR count). The highest BCUT2D eigenvalue weighted by Gasteiger charge is 2.32.